The lowest BCUT2D eigenvalue weighted by Crippen LogP contribution is -2.41. The smallest absolute Gasteiger partial charge is 0.410 e. The van der Waals surface area contributed by atoms with E-state index in [2.05, 4.69) is 10.6 Å². The van der Waals surface area contributed by atoms with Crippen molar-refractivity contribution >= 4 is 6.09 Å². The van der Waals surface area contributed by atoms with Crippen LogP contribution in [-0.2, 0) is 0 Å². The number of fused-ring (bicyclic) bond motifs is 1. The Morgan fingerprint density at radius 1 is 1.16 bits per heavy atom. The average molecular weight is 260 g/mol. The van der Waals surface area contributed by atoms with Crippen molar-refractivity contribution in [2.75, 3.05) is 13.1 Å². The Labute approximate surface area is 113 Å². The molecule has 1 unspecified atom stereocenters. The van der Waals surface area contributed by atoms with Gasteiger partial charge in [0.15, 0.2) is 0 Å². The lowest BCUT2D eigenvalue weighted by molar-refractivity contribution is 0.181. The molecule has 0 spiro atoms. The van der Waals surface area contributed by atoms with Crippen molar-refractivity contribution in [2.45, 2.75) is 25.3 Å². The van der Waals surface area contributed by atoms with Crippen LogP contribution in [0.4, 0.5) is 4.79 Å². The molecule has 1 aromatic rings. The van der Waals surface area contributed by atoms with Gasteiger partial charge in [0.2, 0.25) is 0 Å². The van der Waals surface area contributed by atoms with Gasteiger partial charge in [0.1, 0.15) is 5.75 Å². The van der Waals surface area contributed by atoms with Gasteiger partial charge >= 0.3 is 6.09 Å². The van der Waals surface area contributed by atoms with Crippen LogP contribution < -0.4 is 15.4 Å². The summed E-state index contributed by atoms with van der Waals surface area (Å²) in [5.41, 5.74) is 0. The molecular weight excluding hydrogens is 240 g/mol. The third-order valence-electron chi connectivity index (χ3n) is 4.23. The van der Waals surface area contributed by atoms with Crippen molar-refractivity contribution in [1.82, 2.24) is 10.6 Å². The van der Waals surface area contributed by atoms with E-state index in [1.807, 2.05) is 18.2 Å². The first-order valence-corrected chi connectivity index (χ1v) is 7.05. The minimum absolute atomic E-state index is 0.261. The molecular formula is C15H20N2O2. The van der Waals surface area contributed by atoms with Crippen LogP contribution in [-0.4, -0.2) is 25.2 Å². The van der Waals surface area contributed by atoms with Gasteiger partial charge in [-0.1, -0.05) is 18.2 Å². The minimum Gasteiger partial charge on any atom is -0.410 e. The van der Waals surface area contributed by atoms with Crippen LogP contribution in [0.3, 0.4) is 0 Å². The normalized spacial score (nSPS) is 29.6. The van der Waals surface area contributed by atoms with E-state index in [1.165, 1.54) is 6.42 Å². The number of benzene rings is 1. The monoisotopic (exact) mass is 260 g/mol. The van der Waals surface area contributed by atoms with Crippen LogP contribution in [0.15, 0.2) is 30.3 Å². The van der Waals surface area contributed by atoms with E-state index in [0.717, 1.165) is 37.8 Å². The molecule has 2 fully saturated rings. The molecule has 1 aromatic carbocycles. The second kappa shape index (κ2) is 5.61. The summed E-state index contributed by atoms with van der Waals surface area (Å²) < 4.78 is 5.26. The highest BCUT2D eigenvalue weighted by Crippen LogP contribution is 2.32. The van der Waals surface area contributed by atoms with Gasteiger partial charge in [0.25, 0.3) is 0 Å². The fourth-order valence-corrected chi connectivity index (χ4v) is 3.22. The molecule has 1 aliphatic carbocycles. The van der Waals surface area contributed by atoms with E-state index in [-0.39, 0.29) is 12.1 Å². The molecule has 102 valence electrons. The highest BCUT2D eigenvalue weighted by atomic mass is 16.6. The average Bonchev–Trinajstić information content (AvgIpc) is 2.87. The Bertz CT molecular complexity index is 435. The van der Waals surface area contributed by atoms with Gasteiger partial charge in [-0.05, 0) is 56.3 Å². The first kappa shape index (κ1) is 12.5. The largest absolute Gasteiger partial charge is 0.412 e. The Hall–Kier alpha value is -1.55. The number of carbonyl (C=O) groups excluding carboxylic acids is 1. The predicted molar refractivity (Wildman–Crippen MR) is 73.1 cm³/mol. The molecule has 1 aliphatic heterocycles. The van der Waals surface area contributed by atoms with Crippen LogP contribution in [0, 0.1) is 11.8 Å². The van der Waals surface area contributed by atoms with E-state index in [4.69, 9.17) is 4.74 Å². The number of hydrogen-bond acceptors (Lipinski definition) is 3. The first-order valence-electron chi connectivity index (χ1n) is 7.05. The van der Waals surface area contributed by atoms with Crippen LogP contribution in [0.5, 0.6) is 5.75 Å². The van der Waals surface area contributed by atoms with E-state index in [9.17, 15) is 4.79 Å². The number of ether oxygens (including phenoxy) is 1. The molecule has 0 aromatic heterocycles. The summed E-state index contributed by atoms with van der Waals surface area (Å²) in [5.74, 6) is 2.12. The molecule has 2 N–H and O–H groups in total. The van der Waals surface area contributed by atoms with E-state index in [0.29, 0.717) is 5.75 Å². The molecule has 1 saturated carbocycles. The highest BCUT2D eigenvalue weighted by Gasteiger charge is 2.34. The van der Waals surface area contributed by atoms with Crippen LogP contribution in [0.1, 0.15) is 19.3 Å². The van der Waals surface area contributed by atoms with Crippen LogP contribution >= 0.6 is 0 Å². The molecule has 1 amide bonds. The van der Waals surface area contributed by atoms with E-state index >= 15 is 0 Å². The molecule has 4 nitrogen and oxygen atoms in total. The maximum Gasteiger partial charge on any atom is 0.412 e. The van der Waals surface area contributed by atoms with Gasteiger partial charge < -0.3 is 15.4 Å². The van der Waals surface area contributed by atoms with Gasteiger partial charge in [-0.15, -0.1) is 0 Å². The SMILES string of the molecule is O=C(NC1CC[C@H]2CNC[C@H]2C1)Oc1ccccc1. The van der Waals surface area contributed by atoms with Gasteiger partial charge in [0.05, 0.1) is 0 Å². The maximum absolute atomic E-state index is 11.8. The number of hydrogen-bond donors (Lipinski definition) is 2. The summed E-state index contributed by atoms with van der Waals surface area (Å²) in [4.78, 5) is 11.8. The second-order valence-electron chi connectivity index (χ2n) is 5.54. The van der Waals surface area contributed by atoms with E-state index in [1.54, 1.807) is 12.1 Å². The maximum atomic E-state index is 11.8. The molecule has 0 radical (unpaired) electrons. The second-order valence-corrected chi connectivity index (χ2v) is 5.54. The summed E-state index contributed by atoms with van der Waals surface area (Å²) in [7, 11) is 0. The number of rotatable bonds is 2. The number of amides is 1. The zero-order valence-electron chi connectivity index (χ0n) is 11.0. The standard InChI is InChI=1S/C15H20N2O2/c18-15(19-14-4-2-1-3-5-14)17-13-7-6-11-9-16-10-12(11)8-13/h1-5,11-13,16H,6-10H2,(H,17,18)/t11-,12+,13?/m0/s1. The van der Waals surface area contributed by atoms with Crippen LogP contribution in [0.2, 0.25) is 0 Å². The lowest BCUT2D eigenvalue weighted by atomic mass is 9.79. The summed E-state index contributed by atoms with van der Waals surface area (Å²) >= 11 is 0. The zero-order chi connectivity index (χ0) is 13.1. The number of nitrogens with one attached hydrogen (secondary N) is 2. The Balaban J connectivity index is 1.50. The predicted octanol–water partition coefficient (Wildman–Crippen LogP) is 2.16. The third-order valence-corrected chi connectivity index (χ3v) is 4.23. The van der Waals surface area contributed by atoms with E-state index < -0.39 is 0 Å². The molecule has 3 atom stereocenters. The summed E-state index contributed by atoms with van der Waals surface area (Å²) in [6.07, 6.45) is 3.00. The molecule has 2 aliphatic rings. The van der Waals surface area contributed by atoms with Gasteiger partial charge in [0, 0.05) is 6.04 Å². The molecule has 3 rings (SSSR count). The van der Waals surface area contributed by atoms with Gasteiger partial charge in [-0.3, -0.25) is 0 Å². The summed E-state index contributed by atoms with van der Waals surface area (Å²) in [6, 6.07) is 9.46. The Kier molecular flexibility index (Phi) is 3.69. The molecule has 4 heteroatoms. The lowest BCUT2D eigenvalue weighted by Gasteiger charge is -2.31. The van der Waals surface area contributed by atoms with Crippen molar-refractivity contribution in [3.63, 3.8) is 0 Å². The zero-order valence-corrected chi connectivity index (χ0v) is 11.0. The molecule has 19 heavy (non-hydrogen) atoms. The Morgan fingerprint density at radius 2 is 1.95 bits per heavy atom. The number of para-hydroxylation sites is 1. The van der Waals surface area contributed by atoms with Crippen molar-refractivity contribution in [2.24, 2.45) is 11.8 Å². The summed E-state index contributed by atoms with van der Waals surface area (Å²) in [5, 5.41) is 6.43. The molecule has 1 heterocycles. The van der Waals surface area contributed by atoms with Gasteiger partial charge in [-0.25, -0.2) is 4.79 Å². The van der Waals surface area contributed by atoms with Crippen molar-refractivity contribution in [1.29, 1.82) is 0 Å². The molecule has 1 saturated heterocycles. The summed E-state index contributed by atoms with van der Waals surface area (Å²) in [6.45, 7) is 2.24. The third kappa shape index (κ3) is 3.07. The molecule has 0 bridgehead atoms. The van der Waals surface area contributed by atoms with Crippen molar-refractivity contribution < 1.29 is 9.53 Å². The fraction of sp³-hybridized carbons (Fsp3) is 0.533. The highest BCUT2D eigenvalue weighted by molar-refractivity contribution is 5.70. The minimum atomic E-state index is -0.333. The van der Waals surface area contributed by atoms with Crippen molar-refractivity contribution in [3.05, 3.63) is 30.3 Å². The fourth-order valence-electron chi connectivity index (χ4n) is 3.22. The quantitative estimate of drug-likeness (QED) is 0.856. The van der Waals surface area contributed by atoms with Crippen LogP contribution in [0.25, 0.3) is 0 Å². The topological polar surface area (TPSA) is 50.4 Å². The van der Waals surface area contributed by atoms with Crippen molar-refractivity contribution in [3.8, 4) is 5.75 Å². The first-order chi connectivity index (χ1) is 9.31. The Morgan fingerprint density at radius 3 is 2.79 bits per heavy atom. The number of carbonyl (C=O) groups is 1. The van der Waals surface area contributed by atoms with Gasteiger partial charge in [-0.2, -0.15) is 0 Å².